The van der Waals surface area contributed by atoms with Crippen molar-refractivity contribution in [1.29, 1.82) is 0 Å². The maximum Gasteiger partial charge on any atom is 0.303 e. The first-order valence-electron chi connectivity index (χ1n) is 16.5. The molecule has 2 heterocycles. The lowest BCUT2D eigenvalue weighted by Gasteiger charge is -2.46. The molecule has 2 amide bonds. The van der Waals surface area contributed by atoms with Gasteiger partial charge in [0.25, 0.3) is 6.29 Å². The number of hydrogen-bond acceptors (Lipinski definition) is 15. The standard InChI is InChI=1S/C32H44N2O14/c1-14(35)43-13-23-27(44-15(2)36)28(45-16(3)37)29(46-17(4)38)32(47-23)48-33-21-12-22(39)26(40)24-19(21)10-11-20-25(24)31(42)34(30(20)41)18-8-6-5-7-9-18/h18-20,22-29,32,39-40H,5-13H2,1-4H3/t19-,20+,22+,23+,24-,25-,26+,27-,28-,29+,32-/m0/s1. The van der Waals surface area contributed by atoms with Crippen LogP contribution >= 0.6 is 0 Å². The Labute approximate surface area is 277 Å². The van der Waals surface area contributed by atoms with Crippen molar-refractivity contribution in [3.05, 3.63) is 0 Å². The number of aliphatic hydroxyl groups excluding tert-OH is 2. The molecular weight excluding hydrogens is 636 g/mol. The highest BCUT2D eigenvalue weighted by Gasteiger charge is 2.61. The Morgan fingerprint density at radius 1 is 0.792 bits per heavy atom. The lowest BCUT2D eigenvalue weighted by Crippen LogP contribution is -2.62. The third-order valence-corrected chi connectivity index (χ3v) is 9.98. The second-order valence-electron chi connectivity index (χ2n) is 13.2. The molecule has 5 rings (SSSR count). The summed E-state index contributed by atoms with van der Waals surface area (Å²) in [7, 11) is 0. The van der Waals surface area contributed by atoms with Crippen molar-refractivity contribution in [1.82, 2.24) is 4.90 Å². The van der Waals surface area contributed by atoms with Gasteiger partial charge in [0.1, 0.15) is 12.7 Å². The number of fused-ring (bicyclic) bond motifs is 3. The van der Waals surface area contributed by atoms with Crippen LogP contribution in [0.5, 0.6) is 0 Å². The SMILES string of the molecule is CC(=O)OC[C@H]1O[C@@H](ON=C2C[C@@H](O)[C@@H](O)[C@@H]3[C@H]4C(=O)N(C5CCCCC5)C(=O)[C@@H]4CC[C@@H]23)[C@H](OC(C)=O)[C@@H](OC(C)=O)[C@H]1OC(C)=O. The maximum atomic E-state index is 13.9. The van der Waals surface area contributed by atoms with E-state index in [-0.39, 0.29) is 24.3 Å². The van der Waals surface area contributed by atoms with Gasteiger partial charge in [-0.25, -0.2) is 0 Å². The van der Waals surface area contributed by atoms with E-state index in [0.717, 1.165) is 59.8 Å². The first-order chi connectivity index (χ1) is 22.8. The zero-order valence-corrected chi connectivity index (χ0v) is 27.5. The summed E-state index contributed by atoms with van der Waals surface area (Å²) in [4.78, 5) is 82.6. The maximum absolute atomic E-state index is 13.9. The van der Waals surface area contributed by atoms with Crippen molar-refractivity contribution in [3.8, 4) is 0 Å². The Kier molecular flexibility index (Phi) is 11.0. The number of nitrogens with zero attached hydrogens (tertiary/aromatic N) is 2. The van der Waals surface area contributed by atoms with Crippen LogP contribution in [0.1, 0.15) is 79.1 Å². The molecule has 0 aromatic carbocycles. The highest BCUT2D eigenvalue weighted by Crippen LogP contribution is 2.50. The summed E-state index contributed by atoms with van der Waals surface area (Å²) in [5.74, 6) is -6.45. The van der Waals surface area contributed by atoms with Crippen LogP contribution in [-0.2, 0) is 57.3 Å². The van der Waals surface area contributed by atoms with Gasteiger partial charge in [-0.1, -0.05) is 24.4 Å². The fourth-order valence-corrected chi connectivity index (χ4v) is 8.09. The van der Waals surface area contributed by atoms with Gasteiger partial charge >= 0.3 is 23.9 Å². The summed E-state index contributed by atoms with van der Waals surface area (Å²) in [6.07, 6.45) is -4.81. The third kappa shape index (κ3) is 7.34. The fourth-order valence-electron chi connectivity index (χ4n) is 8.09. The molecule has 3 saturated carbocycles. The van der Waals surface area contributed by atoms with E-state index in [1.54, 1.807) is 0 Å². The Bertz CT molecular complexity index is 1310. The minimum absolute atomic E-state index is 0.126. The van der Waals surface area contributed by atoms with Gasteiger partial charge in [-0.2, -0.15) is 0 Å². The van der Waals surface area contributed by atoms with Crippen molar-refractivity contribution in [2.24, 2.45) is 28.8 Å². The molecule has 5 aliphatic rings. The Morgan fingerprint density at radius 2 is 1.40 bits per heavy atom. The molecule has 266 valence electrons. The van der Waals surface area contributed by atoms with E-state index in [4.69, 9.17) is 28.5 Å². The van der Waals surface area contributed by atoms with Gasteiger partial charge in [0.15, 0.2) is 12.2 Å². The summed E-state index contributed by atoms with van der Waals surface area (Å²) in [5, 5.41) is 26.5. The quantitative estimate of drug-likeness (QED) is 0.155. The minimum atomic E-state index is -1.59. The van der Waals surface area contributed by atoms with Crippen LogP contribution in [0.15, 0.2) is 5.16 Å². The van der Waals surface area contributed by atoms with Crippen LogP contribution in [-0.4, -0.2) is 112 Å². The van der Waals surface area contributed by atoms with Gasteiger partial charge in [-0.05, 0) is 25.7 Å². The number of rotatable bonds is 8. The van der Waals surface area contributed by atoms with E-state index < -0.39 is 97.1 Å². The van der Waals surface area contributed by atoms with E-state index in [1.165, 1.54) is 4.90 Å². The number of oxime groups is 1. The van der Waals surface area contributed by atoms with Gasteiger partial charge in [0, 0.05) is 52.0 Å². The topological polar surface area (TPSA) is 214 Å². The number of esters is 4. The van der Waals surface area contributed by atoms with E-state index in [2.05, 4.69) is 5.16 Å². The summed E-state index contributed by atoms with van der Waals surface area (Å²) in [5.41, 5.74) is 0.292. The largest absolute Gasteiger partial charge is 0.463 e. The number of amides is 2. The molecule has 0 spiro atoms. The van der Waals surface area contributed by atoms with Crippen molar-refractivity contribution in [2.45, 2.75) is 128 Å². The van der Waals surface area contributed by atoms with E-state index in [9.17, 15) is 39.0 Å². The van der Waals surface area contributed by atoms with Gasteiger partial charge < -0.3 is 38.7 Å². The average molecular weight is 681 g/mol. The summed E-state index contributed by atoms with van der Waals surface area (Å²) in [6, 6.07) is -0.174. The number of carbonyl (C=O) groups is 6. The predicted molar refractivity (Wildman–Crippen MR) is 159 cm³/mol. The van der Waals surface area contributed by atoms with Gasteiger partial charge in [-0.3, -0.25) is 33.7 Å². The highest BCUT2D eigenvalue weighted by atomic mass is 16.8. The number of hydrogen-bond donors (Lipinski definition) is 2. The lowest BCUT2D eigenvalue weighted by molar-refractivity contribution is -0.308. The molecule has 11 atom stereocenters. The molecule has 0 unspecified atom stereocenters. The van der Waals surface area contributed by atoms with Gasteiger partial charge in [0.05, 0.1) is 29.8 Å². The number of imide groups is 1. The number of aliphatic hydroxyl groups is 2. The number of likely N-dealkylation sites (tertiary alicyclic amines) is 1. The molecule has 48 heavy (non-hydrogen) atoms. The first-order valence-corrected chi connectivity index (χ1v) is 16.5. The van der Waals surface area contributed by atoms with E-state index >= 15 is 0 Å². The monoisotopic (exact) mass is 680 g/mol. The Morgan fingerprint density at radius 3 is 2.02 bits per heavy atom. The average Bonchev–Trinajstić information content (AvgIpc) is 3.28. The van der Waals surface area contributed by atoms with Crippen molar-refractivity contribution >= 4 is 41.4 Å². The van der Waals surface area contributed by atoms with Crippen LogP contribution in [0.3, 0.4) is 0 Å². The minimum Gasteiger partial charge on any atom is -0.463 e. The molecule has 0 radical (unpaired) electrons. The van der Waals surface area contributed by atoms with Crippen LogP contribution in [0.2, 0.25) is 0 Å². The number of carbonyl (C=O) groups excluding carboxylic acids is 6. The molecule has 2 saturated heterocycles. The lowest BCUT2D eigenvalue weighted by atomic mass is 9.60. The van der Waals surface area contributed by atoms with Crippen LogP contribution in [0, 0.1) is 23.7 Å². The molecule has 5 fully saturated rings. The first kappa shape index (κ1) is 35.7. The molecule has 2 aliphatic heterocycles. The normalized spacial score (nSPS) is 37.7. The molecule has 16 nitrogen and oxygen atoms in total. The predicted octanol–water partition coefficient (Wildman–Crippen LogP) is 0.528. The molecule has 2 N–H and O–H groups in total. The zero-order valence-electron chi connectivity index (χ0n) is 27.5. The zero-order chi connectivity index (χ0) is 34.9. The van der Waals surface area contributed by atoms with Gasteiger partial charge in [-0.15, -0.1) is 0 Å². The summed E-state index contributed by atoms with van der Waals surface area (Å²) >= 11 is 0. The fraction of sp³-hybridized carbons (Fsp3) is 0.781. The molecule has 16 heteroatoms. The van der Waals surface area contributed by atoms with E-state index in [0.29, 0.717) is 18.6 Å². The van der Waals surface area contributed by atoms with Crippen LogP contribution in [0.4, 0.5) is 0 Å². The second-order valence-corrected chi connectivity index (χ2v) is 13.2. The highest BCUT2D eigenvalue weighted by molar-refractivity contribution is 6.06. The molecular formula is C32H44N2O14. The second kappa shape index (κ2) is 14.9. The summed E-state index contributed by atoms with van der Waals surface area (Å²) in [6.45, 7) is 3.99. The van der Waals surface area contributed by atoms with Crippen LogP contribution in [0.25, 0.3) is 0 Å². The van der Waals surface area contributed by atoms with Crippen LogP contribution < -0.4 is 0 Å². The smallest absolute Gasteiger partial charge is 0.303 e. The van der Waals surface area contributed by atoms with Crippen molar-refractivity contribution < 1.29 is 67.5 Å². The van der Waals surface area contributed by atoms with E-state index in [1.807, 2.05) is 0 Å². The Hall–Kier alpha value is -3.63. The summed E-state index contributed by atoms with van der Waals surface area (Å²) < 4.78 is 27.3. The molecule has 3 aliphatic carbocycles. The van der Waals surface area contributed by atoms with Gasteiger partial charge in [0.2, 0.25) is 17.9 Å². The Balaban J connectivity index is 1.44. The molecule has 0 bridgehead atoms. The molecule has 0 aromatic rings. The third-order valence-electron chi connectivity index (χ3n) is 9.98. The van der Waals surface area contributed by atoms with Crippen molar-refractivity contribution in [3.63, 3.8) is 0 Å². The molecule has 0 aromatic heterocycles. The number of ether oxygens (including phenoxy) is 5. The van der Waals surface area contributed by atoms with Crippen molar-refractivity contribution in [2.75, 3.05) is 6.61 Å².